The molecule has 1 heterocycles. The smallest absolute Gasteiger partial charge is 0.255 e. The quantitative estimate of drug-likeness (QED) is 0.508. The molecule has 2 amide bonds. The lowest BCUT2D eigenvalue weighted by molar-refractivity contribution is -0.115. The van der Waals surface area contributed by atoms with E-state index in [9.17, 15) is 9.59 Å². The highest BCUT2D eigenvalue weighted by atomic mass is 32.2. The second-order valence-electron chi connectivity index (χ2n) is 6.32. The summed E-state index contributed by atoms with van der Waals surface area (Å²) in [4.78, 5) is 29.0. The predicted molar refractivity (Wildman–Crippen MR) is 119 cm³/mol. The first kappa shape index (κ1) is 21.4. The SMILES string of the molecule is CCOc1ccccc1C(=O)NCC(=O)Nc1cccc(CSc2ccccn2)c1. The molecule has 0 atom stereocenters. The number of hydrogen-bond acceptors (Lipinski definition) is 5. The summed E-state index contributed by atoms with van der Waals surface area (Å²) in [6.07, 6.45) is 1.76. The number of ether oxygens (including phenoxy) is 1. The van der Waals surface area contributed by atoms with E-state index < -0.39 is 0 Å². The van der Waals surface area contributed by atoms with Crippen molar-refractivity contribution in [3.63, 3.8) is 0 Å². The molecule has 3 rings (SSSR count). The Bertz CT molecular complexity index is 996. The molecular weight excluding hydrogens is 398 g/mol. The van der Waals surface area contributed by atoms with Crippen LogP contribution in [-0.4, -0.2) is 29.9 Å². The van der Waals surface area contributed by atoms with Crippen LogP contribution in [0.15, 0.2) is 78.0 Å². The molecule has 2 aromatic carbocycles. The first-order chi connectivity index (χ1) is 14.7. The molecule has 0 aliphatic rings. The summed E-state index contributed by atoms with van der Waals surface area (Å²) >= 11 is 1.63. The molecular formula is C23H23N3O3S. The summed E-state index contributed by atoms with van der Waals surface area (Å²) in [6, 6.07) is 20.4. The van der Waals surface area contributed by atoms with Crippen molar-refractivity contribution in [1.29, 1.82) is 0 Å². The summed E-state index contributed by atoms with van der Waals surface area (Å²) < 4.78 is 5.46. The third-order valence-corrected chi connectivity index (χ3v) is 5.09. The predicted octanol–water partition coefficient (Wildman–Crippen LogP) is 4.14. The van der Waals surface area contributed by atoms with Crippen molar-refractivity contribution in [2.75, 3.05) is 18.5 Å². The Morgan fingerprint density at radius 3 is 2.67 bits per heavy atom. The van der Waals surface area contributed by atoms with Gasteiger partial charge in [-0.3, -0.25) is 9.59 Å². The van der Waals surface area contributed by atoms with Gasteiger partial charge in [-0.25, -0.2) is 4.98 Å². The number of thioether (sulfide) groups is 1. The molecule has 0 saturated carbocycles. The number of pyridine rings is 1. The summed E-state index contributed by atoms with van der Waals surface area (Å²) in [5, 5.41) is 6.40. The van der Waals surface area contributed by atoms with Gasteiger partial charge in [0.1, 0.15) is 5.75 Å². The zero-order valence-corrected chi connectivity index (χ0v) is 17.4. The summed E-state index contributed by atoms with van der Waals surface area (Å²) in [5.41, 5.74) is 2.15. The van der Waals surface area contributed by atoms with E-state index in [1.54, 1.807) is 42.2 Å². The van der Waals surface area contributed by atoms with Gasteiger partial charge in [0.15, 0.2) is 0 Å². The molecule has 0 spiro atoms. The zero-order valence-electron chi connectivity index (χ0n) is 16.6. The monoisotopic (exact) mass is 421 g/mol. The zero-order chi connectivity index (χ0) is 21.2. The Morgan fingerprint density at radius 2 is 1.87 bits per heavy atom. The highest BCUT2D eigenvalue weighted by Gasteiger charge is 2.13. The van der Waals surface area contributed by atoms with E-state index >= 15 is 0 Å². The molecule has 0 bridgehead atoms. The van der Waals surface area contributed by atoms with Gasteiger partial charge in [-0.05, 0) is 48.9 Å². The highest BCUT2D eigenvalue weighted by molar-refractivity contribution is 7.98. The van der Waals surface area contributed by atoms with E-state index in [0.717, 1.165) is 16.3 Å². The molecule has 0 aliphatic heterocycles. The van der Waals surface area contributed by atoms with Gasteiger partial charge in [-0.2, -0.15) is 0 Å². The Balaban J connectivity index is 1.52. The fraction of sp³-hybridized carbons (Fsp3) is 0.174. The molecule has 0 radical (unpaired) electrons. The van der Waals surface area contributed by atoms with Crippen LogP contribution in [-0.2, 0) is 10.5 Å². The molecule has 3 aromatic rings. The van der Waals surface area contributed by atoms with E-state index in [1.165, 1.54) is 0 Å². The van der Waals surface area contributed by atoms with Gasteiger partial charge in [-0.1, -0.05) is 30.3 Å². The van der Waals surface area contributed by atoms with Crippen molar-refractivity contribution in [3.05, 3.63) is 84.1 Å². The van der Waals surface area contributed by atoms with Crippen LogP contribution < -0.4 is 15.4 Å². The number of amides is 2. The van der Waals surface area contributed by atoms with Crippen LogP contribution in [0.4, 0.5) is 5.69 Å². The molecule has 7 heteroatoms. The van der Waals surface area contributed by atoms with Gasteiger partial charge in [-0.15, -0.1) is 11.8 Å². The van der Waals surface area contributed by atoms with Crippen LogP contribution in [0.5, 0.6) is 5.75 Å². The maximum absolute atomic E-state index is 12.4. The summed E-state index contributed by atoms with van der Waals surface area (Å²) in [5.74, 6) is 0.587. The number of carbonyl (C=O) groups excluding carboxylic acids is 2. The topological polar surface area (TPSA) is 80.3 Å². The highest BCUT2D eigenvalue weighted by Crippen LogP contribution is 2.22. The van der Waals surface area contributed by atoms with Crippen molar-refractivity contribution in [3.8, 4) is 5.75 Å². The van der Waals surface area contributed by atoms with Crippen molar-refractivity contribution >= 4 is 29.3 Å². The van der Waals surface area contributed by atoms with Gasteiger partial charge in [0.25, 0.3) is 5.91 Å². The molecule has 1 aromatic heterocycles. The number of benzene rings is 2. The Hall–Kier alpha value is -3.32. The van der Waals surface area contributed by atoms with Crippen LogP contribution in [0, 0.1) is 0 Å². The maximum Gasteiger partial charge on any atom is 0.255 e. The largest absolute Gasteiger partial charge is 0.493 e. The average Bonchev–Trinajstić information content (AvgIpc) is 2.78. The van der Waals surface area contributed by atoms with E-state index in [1.807, 2.05) is 49.4 Å². The minimum atomic E-state index is -0.352. The van der Waals surface area contributed by atoms with Crippen LogP contribution >= 0.6 is 11.8 Å². The molecule has 30 heavy (non-hydrogen) atoms. The third kappa shape index (κ3) is 6.35. The van der Waals surface area contributed by atoms with Gasteiger partial charge < -0.3 is 15.4 Å². The van der Waals surface area contributed by atoms with Crippen molar-refractivity contribution < 1.29 is 14.3 Å². The average molecular weight is 422 g/mol. The number of nitrogens with zero attached hydrogens (tertiary/aromatic N) is 1. The Kier molecular flexibility index (Phi) is 7.86. The lowest BCUT2D eigenvalue weighted by atomic mass is 10.2. The normalized spacial score (nSPS) is 10.3. The van der Waals surface area contributed by atoms with E-state index in [-0.39, 0.29) is 18.4 Å². The van der Waals surface area contributed by atoms with Gasteiger partial charge >= 0.3 is 0 Å². The van der Waals surface area contributed by atoms with Crippen LogP contribution in [0.1, 0.15) is 22.8 Å². The lowest BCUT2D eigenvalue weighted by Gasteiger charge is -2.11. The lowest BCUT2D eigenvalue weighted by Crippen LogP contribution is -2.33. The molecule has 6 nitrogen and oxygen atoms in total. The maximum atomic E-state index is 12.4. The van der Waals surface area contributed by atoms with E-state index in [0.29, 0.717) is 23.6 Å². The fourth-order valence-corrected chi connectivity index (χ4v) is 3.53. The molecule has 154 valence electrons. The fourth-order valence-electron chi connectivity index (χ4n) is 2.73. The Labute approximate surface area is 180 Å². The number of rotatable bonds is 9. The van der Waals surface area contributed by atoms with Crippen LogP contribution in [0.25, 0.3) is 0 Å². The van der Waals surface area contributed by atoms with Crippen LogP contribution in [0.3, 0.4) is 0 Å². The second-order valence-corrected chi connectivity index (χ2v) is 7.31. The molecule has 0 fully saturated rings. The molecule has 2 N–H and O–H groups in total. The van der Waals surface area contributed by atoms with E-state index in [2.05, 4.69) is 15.6 Å². The number of anilines is 1. The minimum Gasteiger partial charge on any atom is -0.493 e. The van der Waals surface area contributed by atoms with Crippen molar-refractivity contribution in [1.82, 2.24) is 10.3 Å². The molecule has 0 aliphatic carbocycles. The standard InChI is InChI=1S/C23H23N3O3S/c1-2-29-20-11-4-3-10-19(20)23(28)25-15-21(27)26-18-9-7-8-17(14-18)16-30-22-12-5-6-13-24-22/h3-14H,2,15-16H2,1H3,(H,25,28)(H,26,27). The first-order valence-electron chi connectivity index (χ1n) is 9.58. The summed E-state index contributed by atoms with van der Waals surface area (Å²) in [7, 11) is 0. The summed E-state index contributed by atoms with van der Waals surface area (Å²) in [6.45, 7) is 2.18. The Morgan fingerprint density at radius 1 is 1.03 bits per heavy atom. The molecule has 0 saturated heterocycles. The third-order valence-electron chi connectivity index (χ3n) is 4.08. The number of aromatic nitrogens is 1. The number of nitrogens with one attached hydrogen (secondary N) is 2. The molecule has 0 unspecified atom stereocenters. The minimum absolute atomic E-state index is 0.133. The van der Waals surface area contributed by atoms with Crippen molar-refractivity contribution in [2.24, 2.45) is 0 Å². The van der Waals surface area contributed by atoms with Gasteiger partial charge in [0, 0.05) is 17.6 Å². The number of carbonyl (C=O) groups is 2. The number of para-hydroxylation sites is 1. The second kappa shape index (κ2) is 11.0. The number of hydrogen-bond donors (Lipinski definition) is 2. The van der Waals surface area contributed by atoms with Crippen molar-refractivity contribution in [2.45, 2.75) is 17.7 Å². The first-order valence-corrected chi connectivity index (χ1v) is 10.6. The van der Waals surface area contributed by atoms with Gasteiger partial charge in [0.05, 0.1) is 23.7 Å². The van der Waals surface area contributed by atoms with Crippen LogP contribution in [0.2, 0.25) is 0 Å². The van der Waals surface area contributed by atoms with E-state index in [4.69, 9.17) is 4.74 Å². The van der Waals surface area contributed by atoms with Gasteiger partial charge in [0.2, 0.25) is 5.91 Å².